The van der Waals surface area contributed by atoms with Crippen LogP contribution in [0.2, 0.25) is 0 Å². The number of carbonyl (C=O) groups excluding carboxylic acids is 1. The molecule has 0 radical (unpaired) electrons. The Morgan fingerprint density at radius 3 is 2.50 bits per heavy atom. The molecule has 1 rings (SSSR count). The van der Waals surface area contributed by atoms with Gasteiger partial charge in [-0.05, 0) is 26.2 Å². The highest BCUT2D eigenvalue weighted by molar-refractivity contribution is 5.78. The number of hydrogen-bond donors (Lipinski definition) is 2. The third-order valence-corrected chi connectivity index (χ3v) is 2.34. The molecule has 0 unspecified atom stereocenters. The van der Waals surface area contributed by atoms with E-state index in [0.717, 1.165) is 12.8 Å². The summed E-state index contributed by atoms with van der Waals surface area (Å²) in [4.78, 5) is 21.1. The molecule has 1 amide bonds. The number of nitrogens with one attached hydrogen (secondary N) is 1. The minimum Gasteiger partial charge on any atom is -0.465 e. The molecule has 2 atom stereocenters. The van der Waals surface area contributed by atoms with Crippen molar-refractivity contribution < 1.29 is 14.7 Å². The Kier molecular flexibility index (Phi) is 2.68. The molecule has 12 heavy (non-hydrogen) atoms. The summed E-state index contributed by atoms with van der Waals surface area (Å²) in [6, 6.07) is -0.0172. The number of Topliss-reactive ketones (excluding diaryl/α,β-unsaturated/α-hetero) is 1. The monoisotopic (exact) mass is 171 g/mol. The van der Waals surface area contributed by atoms with Gasteiger partial charge in [0.25, 0.3) is 0 Å². The smallest absolute Gasteiger partial charge is 0.404 e. The van der Waals surface area contributed by atoms with Crippen molar-refractivity contribution in [2.24, 2.45) is 5.92 Å². The highest BCUT2D eigenvalue weighted by Crippen LogP contribution is 2.25. The molecule has 0 saturated heterocycles. The Labute approximate surface area is 71.0 Å². The predicted octanol–water partition coefficient (Wildman–Crippen LogP) is 1.01. The molecular weight excluding hydrogens is 158 g/mol. The second-order valence-electron chi connectivity index (χ2n) is 3.27. The summed E-state index contributed by atoms with van der Waals surface area (Å²) in [6.45, 7) is 1.56. The third-order valence-electron chi connectivity index (χ3n) is 2.34. The van der Waals surface area contributed by atoms with Crippen LogP contribution in [0.4, 0.5) is 4.79 Å². The Hall–Kier alpha value is -1.06. The van der Waals surface area contributed by atoms with E-state index in [2.05, 4.69) is 5.32 Å². The van der Waals surface area contributed by atoms with Crippen molar-refractivity contribution in [1.82, 2.24) is 5.32 Å². The third kappa shape index (κ3) is 2.22. The van der Waals surface area contributed by atoms with Crippen molar-refractivity contribution in [1.29, 1.82) is 0 Å². The van der Waals surface area contributed by atoms with E-state index in [1.807, 2.05) is 0 Å². The zero-order valence-corrected chi connectivity index (χ0v) is 7.04. The maximum atomic E-state index is 10.9. The topological polar surface area (TPSA) is 66.4 Å². The molecule has 1 fully saturated rings. The van der Waals surface area contributed by atoms with E-state index in [9.17, 15) is 9.59 Å². The van der Waals surface area contributed by atoms with Crippen LogP contribution in [0.3, 0.4) is 0 Å². The van der Waals surface area contributed by atoms with Crippen molar-refractivity contribution in [2.45, 2.75) is 32.2 Å². The fraction of sp³-hybridized carbons (Fsp3) is 0.750. The van der Waals surface area contributed by atoms with Crippen LogP contribution in [0.15, 0.2) is 0 Å². The van der Waals surface area contributed by atoms with Gasteiger partial charge in [-0.25, -0.2) is 4.79 Å². The fourth-order valence-electron chi connectivity index (χ4n) is 1.66. The van der Waals surface area contributed by atoms with Crippen LogP contribution in [-0.4, -0.2) is 23.0 Å². The highest BCUT2D eigenvalue weighted by Gasteiger charge is 2.28. The van der Waals surface area contributed by atoms with Crippen molar-refractivity contribution in [3.63, 3.8) is 0 Å². The van der Waals surface area contributed by atoms with Gasteiger partial charge in [-0.3, -0.25) is 4.79 Å². The van der Waals surface area contributed by atoms with E-state index in [4.69, 9.17) is 5.11 Å². The zero-order valence-electron chi connectivity index (χ0n) is 7.04. The maximum Gasteiger partial charge on any atom is 0.404 e. The molecule has 4 heteroatoms. The molecule has 68 valence electrons. The number of carbonyl (C=O) groups is 2. The van der Waals surface area contributed by atoms with Gasteiger partial charge in [0.1, 0.15) is 5.78 Å². The summed E-state index contributed by atoms with van der Waals surface area (Å²) in [5.74, 6) is 0.242. The molecule has 2 N–H and O–H groups in total. The summed E-state index contributed by atoms with van der Waals surface area (Å²) >= 11 is 0. The molecule has 0 aromatic rings. The van der Waals surface area contributed by atoms with E-state index in [1.165, 1.54) is 0 Å². The van der Waals surface area contributed by atoms with Gasteiger partial charge >= 0.3 is 6.09 Å². The second-order valence-corrected chi connectivity index (χ2v) is 3.27. The van der Waals surface area contributed by atoms with Gasteiger partial charge in [-0.1, -0.05) is 0 Å². The first-order valence-corrected chi connectivity index (χ1v) is 4.09. The summed E-state index contributed by atoms with van der Waals surface area (Å²) < 4.78 is 0. The lowest BCUT2D eigenvalue weighted by Crippen LogP contribution is -2.31. The summed E-state index contributed by atoms with van der Waals surface area (Å²) in [5.41, 5.74) is 0. The van der Waals surface area contributed by atoms with Gasteiger partial charge in [0.2, 0.25) is 0 Å². The lowest BCUT2D eigenvalue weighted by Gasteiger charge is -2.08. The van der Waals surface area contributed by atoms with Crippen LogP contribution in [0.1, 0.15) is 26.2 Å². The first-order valence-electron chi connectivity index (χ1n) is 4.09. The zero-order chi connectivity index (χ0) is 9.14. The Bertz CT molecular complexity index is 202. The SMILES string of the molecule is CC(=O)[C@H]1CC[C@@H](NC(=O)O)C1. The van der Waals surface area contributed by atoms with Crippen LogP contribution in [0.25, 0.3) is 0 Å². The van der Waals surface area contributed by atoms with Gasteiger partial charge < -0.3 is 10.4 Å². The molecule has 4 nitrogen and oxygen atoms in total. The molecular formula is C8H13NO3. The van der Waals surface area contributed by atoms with Crippen molar-refractivity contribution in [3.8, 4) is 0 Å². The van der Waals surface area contributed by atoms with Crippen molar-refractivity contribution >= 4 is 11.9 Å². The number of ketones is 1. The Balaban J connectivity index is 2.35. The number of hydrogen-bond acceptors (Lipinski definition) is 2. The van der Waals surface area contributed by atoms with Crippen LogP contribution in [0, 0.1) is 5.92 Å². The Morgan fingerprint density at radius 1 is 1.42 bits per heavy atom. The number of rotatable bonds is 2. The number of carboxylic acid groups (broad SMARTS) is 1. The Morgan fingerprint density at radius 2 is 2.08 bits per heavy atom. The predicted molar refractivity (Wildman–Crippen MR) is 43.0 cm³/mol. The first-order chi connectivity index (χ1) is 5.59. The average molecular weight is 171 g/mol. The molecule has 0 aliphatic heterocycles. The maximum absolute atomic E-state index is 10.9. The van der Waals surface area contributed by atoms with Gasteiger partial charge in [0.15, 0.2) is 0 Å². The van der Waals surface area contributed by atoms with E-state index >= 15 is 0 Å². The molecule has 1 aliphatic carbocycles. The van der Waals surface area contributed by atoms with Gasteiger partial charge in [0, 0.05) is 12.0 Å². The van der Waals surface area contributed by atoms with Crippen molar-refractivity contribution in [2.75, 3.05) is 0 Å². The van der Waals surface area contributed by atoms with E-state index in [-0.39, 0.29) is 17.7 Å². The lowest BCUT2D eigenvalue weighted by molar-refractivity contribution is -0.120. The quantitative estimate of drug-likeness (QED) is 0.651. The number of amides is 1. The molecule has 0 heterocycles. The first kappa shape index (κ1) is 9.03. The molecule has 0 bridgehead atoms. The van der Waals surface area contributed by atoms with E-state index < -0.39 is 6.09 Å². The highest BCUT2D eigenvalue weighted by atomic mass is 16.4. The van der Waals surface area contributed by atoms with Crippen LogP contribution in [-0.2, 0) is 4.79 Å². The van der Waals surface area contributed by atoms with Gasteiger partial charge in [0.05, 0.1) is 0 Å². The second kappa shape index (κ2) is 3.56. The minimum absolute atomic E-state index is 0.0172. The van der Waals surface area contributed by atoms with Gasteiger partial charge in [-0.15, -0.1) is 0 Å². The van der Waals surface area contributed by atoms with E-state index in [0.29, 0.717) is 6.42 Å². The van der Waals surface area contributed by atoms with Crippen LogP contribution < -0.4 is 5.32 Å². The van der Waals surface area contributed by atoms with Crippen LogP contribution >= 0.6 is 0 Å². The molecule has 0 aromatic carbocycles. The average Bonchev–Trinajstić information content (AvgIpc) is 2.34. The van der Waals surface area contributed by atoms with E-state index in [1.54, 1.807) is 6.92 Å². The van der Waals surface area contributed by atoms with Gasteiger partial charge in [-0.2, -0.15) is 0 Å². The molecule has 0 aromatic heterocycles. The normalized spacial score (nSPS) is 28.4. The minimum atomic E-state index is -0.996. The largest absolute Gasteiger partial charge is 0.465 e. The summed E-state index contributed by atoms with van der Waals surface area (Å²) in [5, 5.41) is 10.8. The molecule has 1 saturated carbocycles. The lowest BCUT2D eigenvalue weighted by atomic mass is 10.0. The fourth-order valence-corrected chi connectivity index (χ4v) is 1.66. The van der Waals surface area contributed by atoms with Crippen LogP contribution in [0.5, 0.6) is 0 Å². The summed E-state index contributed by atoms with van der Waals surface area (Å²) in [7, 11) is 0. The summed E-state index contributed by atoms with van der Waals surface area (Å²) in [6.07, 6.45) is 1.28. The van der Waals surface area contributed by atoms with Crippen molar-refractivity contribution in [3.05, 3.63) is 0 Å². The molecule has 0 spiro atoms. The standard InChI is InChI=1S/C8H13NO3/c1-5(10)6-2-3-7(4-6)9-8(11)12/h6-7,9H,2-4H2,1H3,(H,11,12)/t6-,7+/m0/s1. The molecule has 1 aliphatic rings.